The molecule has 0 radical (unpaired) electrons. The van der Waals surface area contributed by atoms with Crippen molar-refractivity contribution in [3.8, 4) is 11.5 Å². The predicted octanol–water partition coefficient (Wildman–Crippen LogP) is 4.25. The van der Waals surface area contributed by atoms with Crippen molar-refractivity contribution in [3.63, 3.8) is 0 Å². The van der Waals surface area contributed by atoms with E-state index in [2.05, 4.69) is 9.88 Å². The standard InChI is InChI=1S/C24H23N3O4S2/c1-14-12-26(13-15(2)30-14)24(32)33-20-11-21(28)27(23(20)29)17-9-7-16(8-10-17)22-25-18-5-3-4-6-19(18)31-22/h3-10,14-15,20H,11-13H2,1-2H3/t14-,15+,20-/m0/s1. The maximum Gasteiger partial charge on any atom is 0.247 e. The number of benzene rings is 2. The van der Waals surface area contributed by atoms with Crippen LogP contribution in [0.5, 0.6) is 0 Å². The molecule has 2 amide bonds. The van der Waals surface area contributed by atoms with Crippen molar-refractivity contribution in [2.45, 2.75) is 37.7 Å². The molecule has 0 saturated carbocycles. The van der Waals surface area contributed by atoms with Crippen molar-refractivity contribution in [1.29, 1.82) is 0 Å². The fraction of sp³-hybridized carbons (Fsp3) is 0.333. The quantitative estimate of drug-likeness (QED) is 0.406. The number of aromatic nitrogens is 1. The minimum absolute atomic E-state index is 0.0736. The number of amides is 2. The van der Waals surface area contributed by atoms with E-state index in [1.165, 1.54) is 16.7 Å². The van der Waals surface area contributed by atoms with Crippen LogP contribution in [0, 0.1) is 0 Å². The van der Waals surface area contributed by atoms with Gasteiger partial charge in [-0.2, -0.15) is 0 Å². The third-order valence-corrected chi connectivity index (χ3v) is 7.35. The average molecular weight is 482 g/mol. The molecule has 0 N–H and O–H groups in total. The average Bonchev–Trinajstić information content (AvgIpc) is 3.34. The summed E-state index contributed by atoms with van der Waals surface area (Å²) in [6, 6.07) is 14.7. The summed E-state index contributed by atoms with van der Waals surface area (Å²) >= 11 is 6.89. The van der Waals surface area contributed by atoms with Crippen molar-refractivity contribution in [3.05, 3.63) is 48.5 Å². The summed E-state index contributed by atoms with van der Waals surface area (Å²) in [6.07, 6.45) is 0.278. The predicted molar refractivity (Wildman–Crippen MR) is 132 cm³/mol. The number of imide groups is 1. The Bertz CT molecular complexity index is 1180. The maximum atomic E-state index is 13.1. The molecular weight excluding hydrogens is 458 g/mol. The van der Waals surface area contributed by atoms with Crippen LogP contribution in [0.3, 0.4) is 0 Å². The highest BCUT2D eigenvalue weighted by atomic mass is 32.2. The summed E-state index contributed by atoms with van der Waals surface area (Å²) in [5.41, 5.74) is 2.80. The molecule has 1 aromatic heterocycles. The molecule has 2 aromatic carbocycles. The summed E-state index contributed by atoms with van der Waals surface area (Å²) in [7, 11) is 0. The van der Waals surface area contributed by atoms with Gasteiger partial charge in [-0.1, -0.05) is 36.1 Å². The first kappa shape index (κ1) is 22.1. The zero-order valence-electron chi connectivity index (χ0n) is 18.3. The summed E-state index contributed by atoms with van der Waals surface area (Å²) in [6.45, 7) is 5.39. The Morgan fingerprint density at radius 2 is 1.76 bits per heavy atom. The molecule has 0 spiro atoms. The number of nitrogens with zero attached hydrogens (tertiary/aromatic N) is 3. The monoisotopic (exact) mass is 481 g/mol. The number of ether oxygens (including phenoxy) is 1. The van der Waals surface area contributed by atoms with Crippen LogP contribution in [0.15, 0.2) is 52.9 Å². The van der Waals surface area contributed by atoms with Gasteiger partial charge in [0.05, 0.1) is 17.9 Å². The second-order valence-corrected chi connectivity index (χ2v) is 10.2. The summed E-state index contributed by atoms with van der Waals surface area (Å²) in [5, 5.41) is -0.518. The van der Waals surface area contributed by atoms with E-state index in [0.29, 0.717) is 34.6 Å². The first-order valence-corrected chi connectivity index (χ1v) is 12.1. The van der Waals surface area contributed by atoms with Gasteiger partial charge in [-0.3, -0.25) is 9.59 Å². The van der Waals surface area contributed by atoms with Crippen molar-refractivity contribution in [1.82, 2.24) is 9.88 Å². The third kappa shape index (κ3) is 4.40. The third-order valence-electron chi connectivity index (χ3n) is 5.69. The summed E-state index contributed by atoms with van der Waals surface area (Å²) in [4.78, 5) is 33.6. The molecule has 0 unspecified atom stereocenters. The van der Waals surface area contributed by atoms with Gasteiger partial charge < -0.3 is 14.1 Å². The van der Waals surface area contributed by atoms with Crippen LogP contribution in [0.1, 0.15) is 20.3 Å². The Hall–Kier alpha value is -2.75. The van der Waals surface area contributed by atoms with Gasteiger partial charge in [-0.05, 0) is 50.2 Å². The molecule has 2 aliphatic rings. The van der Waals surface area contributed by atoms with Gasteiger partial charge in [-0.15, -0.1) is 0 Å². The number of carbonyl (C=O) groups excluding carboxylic acids is 2. The highest BCUT2D eigenvalue weighted by molar-refractivity contribution is 8.23. The Balaban J connectivity index is 1.29. The Kier molecular flexibility index (Phi) is 5.94. The lowest BCUT2D eigenvalue weighted by atomic mass is 10.2. The van der Waals surface area contributed by atoms with Crippen LogP contribution in [0.2, 0.25) is 0 Å². The van der Waals surface area contributed by atoms with E-state index in [1.54, 1.807) is 12.1 Å². The van der Waals surface area contributed by atoms with Gasteiger partial charge in [-0.25, -0.2) is 9.88 Å². The number of thioether (sulfide) groups is 1. The zero-order chi connectivity index (χ0) is 23.1. The normalized spacial score (nSPS) is 23.5. The number of morpholine rings is 1. The van der Waals surface area contributed by atoms with E-state index in [1.807, 2.05) is 50.2 Å². The molecule has 7 nitrogen and oxygen atoms in total. The smallest absolute Gasteiger partial charge is 0.247 e. The van der Waals surface area contributed by atoms with E-state index in [0.717, 1.165) is 11.1 Å². The Morgan fingerprint density at radius 1 is 1.06 bits per heavy atom. The Labute approximate surface area is 201 Å². The van der Waals surface area contributed by atoms with E-state index < -0.39 is 5.25 Å². The number of fused-ring (bicyclic) bond motifs is 1. The van der Waals surface area contributed by atoms with Crippen molar-refractivity contribution in [2.75, 3.05) is 18.0 Å². The van der Waals surface area contributed by atoms with Gasteiger partial charge >= 0.3 is 0 Å². The van der Waals surface area contributed by atoms with Crippen LogP contribution >= 0.6 is 24.0 Å². The largest absolute Gasteiger partial charge is 0.436 e. The molecule has 5 rings (SSSR count). The first-order valence-electron chi connectivity index (χ1n) is 10.8. The maximum absolute atomic E-state index is 13.1. The fourth-order valence-electron chi connectivity index (χ4n) is 4.24. The number of para-hydroxylation sites is 2. The van der Waals surface area contributed by atoms with E-state index in [-0.39, 0.29) is 30.4 Å². The molecule has 170 valence electrons. The molecule has 0 aliphatic carbocycles. The molecular formula is C24H23N3O4S2. The van der Waals surface area contributed by atoms with Crippen LogP contribution in [-0.4, -0.2) is 56.6 Å². The molecule has 2 aliphatic heterocycles. The number of oxazole rings is 1. The number of carbonyl (C=O) groups is 2. The van der Waals surface area contributed by atoms with Crippen molar-refractivity contribution >= 4 is 56.9 Å². The SMILES string of the molecule is C[C@@H]1CN(C(=S)S[C@H]2CC(=O)N(c3ccc(-c4nc5ccccc5o4)cc3)C2=O)C[C@H](C)O1. The molecule has 33 heavy (non-hydrogen) atoms. The van der Waals surface area contributed by atoms with Gasteiger partial charge in [0, 0.05) is 25.1 Å². The summed E-state index contributed by atoms with van der Waals surface area (Å²) < 4.78 is 12.2. The highest BCUT2D eigenvalue weighted by Gasteiger charge is 2.41. The fourth-order valence-corrected chi connectivity index (χ4v) is 5.71. The van der Waals surface area contributed by atoms with Gasteiger partial charge in [0.25, 0.3) is 0 Å². The van der Waals surface area contributed by atoms with E-state index in [4.69, 9.17) is 21.4 Å². The lowest BCUT2D eigenvalue weighted by Gasteiger charge is -2.36. The lowest BCUT2D eigenvalue weighted by Crippen LogP contribution is -2.47. The number of thiocarbonyl (C=S) groups is 1. The van der Waals surface area contributed by atoms with Crippen molar-refractivity contribution in [2.24, 2.45) is 0 Å². The van der Waals surface area contributed by atoms with Gasteiger partial charge in [0.2, 0.25) is 17.7 Å². The first-order chi connectivity index (χ1) is 15.9. The second-order valence-electron chi connectivity index (χ2n) is 8.34. The molecule has 9 heteroatoms. The molecule has 2 fully saturated rings. The van der Waals surface area contributed by atoms with Crippen molar-refractivity contribution < 1.29 is 18.7 Å². The topological polar surface area (TPSA) is 75.9 Å². The Morgan fingerprint density at radius 3 is 2.45 bits per heavy atom. The molecule has 3 aromatic rings. The highest BCUT2D eigenvalue weighted by Crippen LogP contribution is 2.33. The lowest BCUT2D eigenvalue weighted by molar-refractivity contribution is -0.121. The molecule has 3 heterocycles. The number of rotatable bonds is 3. The van der Waals surface area contributed by atoms with Crippen LogP contribution in [-0.2, 0) is 14.3 Å². The number of hydrogen-bond acceptors (Lipinski definition) is 7. The van der Waals surface area contributed by atoms with Crippen LogP contribution < -0.4 is 4.90 Å². The van der Waals surface area contributed by atoms with E-state index >= 15 is 0 Å². The van der Waals surface area contributed by atoms with Gasteiger partial charge in [0.1, 0.15) is 15.1 Å². The van der Waals surface area contributed by atoms with Crippen LogP contribution in [0.25, 0.3) is 22.6 Å². The second kappa shape index (κ2) is 8.89. The zero-order valence-corrected chi connectivity index (χ0v) is 19.9. The minimum Gasteiger partial charge on any atom is -0.436 e. The molecule has 2 saturated heterocycles. The number of anilines is 1. The molecule has 0 bridgehead atoms. The minimum atomic E-state index is -0.518. The van der Waals surface area contributed by atoms with Gasteiger partial charge in [0.15, 0.2) is 5.58 Å². The molecule has 3 atom stereocenters. The number of hydrogen-bond donors (Lipinski definition) is 0. The van der Waals surface area contributed by atoms with Crippen LogP contribution in [0.4, 0.5) is 5.69 Å². The van der Waals surface area contributed by atoms with E-state index in [9.17, 15) is 9.59 Å². The summed E-state index contributed by atoms with van der Waals surface area (Å²) in [5.74, 6) is 0.0320.